The number of benzene rings is 1. The molecule has 7 nitrogen and oxygen atoms in total. The number of nitrogens with two attached hydrogens (primary N) is 1. The van der Waals surface area contributed by atoms with Crippen molar-refractivity contribution >= 4 is 43.2 Å². The Morgan fingerprint density at radius 3 is 2.56 bits per heavy atom. The predicted octanol–water partition coefficient (Wildman–Crippen LogP) is 2.84. The van der Waals surface area contributed by atoms with E-state index in [4.69, 9.17) is 5.14 Å². The first kappa shape index (κ1) is 19.7. The van der Waals surface area contributed by atoms with E-state index in [0.717, 1.165) is 27.2 Å². The second-order valence-electron chi connectivity index (χ2n) is 5.70. The summed E-state index contributed by atoms with van der Waals surface area (Å²) in [5.41, 5.74) is 2.15. The predicted molar refractivity (Wildman–Crippen MR) is 108 cm³/mol. The van der Waals surface area contributed by atoms with E-state index >= 15 is 0 Å². The first-order valence-electron chi connectivity index (χ1n) is 8.02. The zero-order valence-electron chi connectivity index (χ0n) is 14.3. The number of rotatable bonds is 6. The zero-order chi connectivity index (χ0) is 19.6. The Hall–Kier alpha value is -2.01. The van der Waals surface area contributed by atoms with Crippen molar-refractivity contribution in [2.75, 3.05) is 0 Å². The average molecular weight is 469 g/mol. The molecule has 27 heavy (non-hydrogen) atoms. The first-order chi connectivity index (χ1) is 12.8. The highest BCUT2D eigenvalue weighted by Crippen LogP contribution is 2.21. The fourth-order valence-electron chi connectivity index (χ4n) is 2.58. The lowest BCUT2D eigenvalue weighted by Crippen LogP contribution is -2.23. The summed E-state index contributed by atoms with van der Waals surface area (Å²) in [4.78, 5) is 13.3. The lowest BCUT2D eigenvalue weighted by Gasteiger charge is -2.08. The number of nitrogens with zero attached hydrogens (tertiary/aromatic N) is 2. The number of amides is 1. The highest BCUT2D eigenvalue weighted by Gasteiger charge is 2.18. The molecule has 1 aromatic carbocycles. The number of primary sulfonamides is 1. The number of hydrogen-bond donors (Lipinski definition) is 2. The highest BCUT2D eigenvalue weighted by atomic mass is 79.9. The number of nitrogens with one attached hydrogen (secondary N) is 1. The van der Waals surface area contributed by atoms with Crippen LogP contribution in [0.5, 0.6) is 0 Å². The van der Waals surface area contributed by atoms with E-state index < -0.39 is 10.0 Å². The minimum atomic E-state index is -3.72. The molecule has 0 aliphatic heterocycles. The van der Waals surface area contributed by atoms with Gasteiger partial charge >= 0.3 is 0 Å². The van der Waals surface area contributed by atoms with Crippen LogP contribution in [0.25, 0.3) is 5.69 Å². The van der Waals surface area contributed by atoms with E-state index in [1.807, 2.05) is 31.2 Å². The number of thiophene rings is 1. The van der Waals surface area contributed by atoms with Gasteiger partial charge in [-0.2, -0.15) is 5.10 Å². The van der Waals surface area contributed by atoms with Crippen LogP contribution in [-0.2, 0) is 23.0 Å². The smallest absolute Gasteiger partial charge is 0.255 e. The minimum absolute atomic E-state index is 0.0732. The molecule has 1 amide bonds. The number of aromatic nitrogens is 2. The topological polar surface area (TPSA) is 107 Å². The van der Waals surface area contributed by atoms with Crippen LogP contribution in [0.15, 0.2) is 51.3 Å². The van der Waals surface area contributed by atoms with E-state index in [0.29, 0.717) is 16.9 Å². The molecule has 0 unspecified atom stereocenters. The highest BCUT2D eigenvalue weighted by molar-refractivity contribution is 9.10. The third-order valence-corrected chi connectivity index (χ3v) is 6.91. The summed E-state index contributed by atoms with van der Waals surface area (Å²) >= 11 is 4.44. The van der Waals surface area contributed by atoms with Crippen molar-refractivity contribution in [1.29, 1.82) is 0 Å². The quantitative estimate of drug-likeness (QED) is 0.579. The van der Waals surface area contributed by atoms with Crippen LogP contribution in [0.4, 0.5) is 0 Å². The molecule has 2 aromatic heterocycles. The molecular formula is C17H17BrN4O3S2. The second kappa shape index (κ2) is 7.93. The molecule has 10 heteroatoms. The lowest BCUT2D eigenvalue weighted by molar-refractivity contribution is 0.0950. The lowest BCUT2D eigenvalue weighted by atomic mass is 10.2. The Balaban J connectivity index is 1.77. The largest absolute Gasteiger partial charge is 0.347 e. The van der Waals surface area contributed by atoms with Gasteiger partial charge in [0, 0.05) is 9.35 Å². The monoisotopic (exact) mass is 468 g/mol. The van der Waals surface area contributed by atoms with Crippen LogP contribution in [0.3, 0.4) is 0 Å². The van der Waals surface area contributed by atoms with E-state index in [-0.39, 0.29) is 16.7 Å². The van der Waals surface area contributed by atoms with E-state index in [1.54, 1.807) is 16.9 Å². The van der Waals surface area contributed by atoms with Gasteiger partial charge in [0.25, 0.3) is 5.91 Å². The van der Waals surface area contributed by atoms with Gasteiger partial charge in [0.05, 0.1) is 29.7 Å². The standard InChI is InChI=1S/C17H17BrN4O3S2/c1-2-15-14(10-21-22(15)12-5-3-11(18)4-6-12)17(23)20-9-13-7-8-16(26-13)27(19,24)25/h3-8,10H,2,9H2,1H3,(H,20,23)(H2,19,24,25). The third kappa shape index (κ3) is 4.46. The van der Waals surface area contributed by atoms with E-state index in [2.05, 4.69) is 26.3 Å². The van der Waals surface area contributed by atoms with Crippen molar-refractivity contribution in [1.82, 2.24) is 15.1 Å². The average Bonchev–Trinajstić information content (AvgIpc) is 3.27. The number of hydrogen-bond acceptors (Lipinski definition) is 5. The summed E-state index contributed by atoms with van der Waals surface area (Å²) in [5, 5.41) is 12.3. The van der Waals surface area contributed by atoms with Gasteiger partial charge in [0.1, 0.15) is 4.21 Å². The molecule has 142 valence electrons. The fourth-order valence-corrected chi connectivity index (χ4v) is 4.56. The molecule has 0 bridgehead atoms. The van der Waals surface area contributed by atoms with Crippen molar-refractivity contribution in [3.05, 3.63) is 63.2 Å². The summed E-state index contributed by atoms with van der Waals surface area (Å²) in [5.74, 6) is -0.263. The summed E-state index contributed by atoms with van der Waals surface area (Å²) in [7, 11) is -3.72. The first-order valence-corrected chi connectivity index (χ1v) is 11.2. The zero-order valence-corrected chi connectivity index (χ0v) is 17.6. The van der Waals surface area contributed by atoms with Crippen molar-refractivity contribution in [3.63, 3.8) is 0 Å². The maximum atomic E-state index is 12.6. The van der Waals surface area contributed by atoms with Crippen LogP contribution >= 0.6 is 27.3 Å². The Morgan fingerprint density at radius 1 is 1.26 bits per heavy atom. The molecule has 0 atom stereocenters. The van der Waals surface area contributed by atoms with Gasteiger partial charge in [-0.1, -0.05) is 22.9 Å². The molecule has 0 fully saturated rings. The Morgan fingerprint density at radius 2 is 1.96 bits per heavy atom. The fraction of sp³-hybridized carbons (Fsp3) is 0.176. The molecule has 3 rings (SSSR count). The second-order valence-corrected chi connectivity index (χ2v) is 9.57. The molecule has 0 spiro atoms. The van der Waals surface area contributed by atoms with Crippen molar-refractivity contribution in [2.45, 2.75) is 24.1 Å². The minimum Gasteiger partial charge on any atom is -0.347 e. The molecule has 0 saturated carbocycles. The SMILES string of the molecule is CCc1c(C(=O)NCc2ccc(S(N)(=O)=O)s2)cnn1-c1ccc(Br)cc1. The number of sulfonamides is 1. The molecular weight excluding hydrogens is 452 g/mol. The van der Waals surface area contributed by atoms with Crippen LogP contribution in [0.1, 0.15) is 27.9 Å². The molecule has 0 saturated heterocycles. The third-order valence-electron chi connectivity index (χ3n) is 3.86. The number of carbonyl (C=O) groups excluding carboxylic acids is 1. The van der Waals surface area contributed by atoms with Gasteiger partial charge in [-0.3, -0.25) is 4.79 Å². The summed E-state index contributed by atoms with van der Waals surface area (Å²) < 4.78 is 25.4. The van der Waals surface area contributed by atoms with Gasteiger partial charge in [-0.05, 0) is 42.8 Å². The van der Waals surface area contributed by atoms with Crippen LogP contribution in [0.2, 0.25) is 0 Å². The Labute approximate surface area is 169 Å². The molecule has 3 aromatic rings. The van der Waals surface area contributed by atoms with Crippen molar-refractivity contribution in [3.8, 4) is 5.69 Å². The molecule has 0 aliphatic rings. The molecule has 3 N–H and O–H groups in total. The summed E-state index contributed by atoms with van der Waals surface area (Å²) in [6.45, 7) is 2.17. The van der Waals surface area contributed by atoms with Crippen LogP contribution in [0, 0.1) is 0 Å². The van der Waals surface area contributed by atoms with Crippen LogP contribution < -0.4 is 10.5 Å². The number of carbonyl (C=O) groups is 1. The Bertz CT molecular complexity index is 1070. The molecule has 0 aliphatic carbocycles. The normalized spacial score (nSPS) is 11.5. The van der Waals surface area contributed by atoms with Gasteiger partial charge < -0.3 is 5.32 Å². The van der Waals surface area contributed by atoms with Crippen molar-refractivity contribution < 1.29 is 13.2 Å². The van der Waals surface area contributed by atoms with Gasteiger partial charge in [0.2, 0.25) is 10.0 Å². The summed E-state index contributed by atoms with van der Waals surface area (Å²) in [6, 6.07) is 10.7. The van der Waals surface area contributed by atoms with E-state index in [1.165, 1.54) is 6.07 Å². The van der Waals surface area contributed by atoms with Gasteiger partial charge in [0.15, 0.2) is 0 Å². The molecule has 0 radical (unpaired) electrons. The maximum absolute atomic E-state index is 12.6. The number of halogens is 1. The van der Waals surface area contributed by atoms with Gasteiger partial charge in [-0.25, -0.2) is 18.2 Å². The van der Waals surface area contributed by atoms with Crippen molar-refractivity contribution in [2.24, 2.45) is 5.14 Å². The van der Waals surface area contributed by atoms with E-state index in [9.17, 15) is 13.2 Å². The molecule has 2 heterocycles. The van der Waals surface area contributed by atoms with Crippen LogP contribution in [-0.4, -0.2) is 24.1 Å². The Kier molecular flexibility index (Phi) is 5.80. The van der Waals surface area contributed by atoms with Gasteiger partial charge in [-0.15, -0.1) is 11.3 Å². The maximum Gasteiger partial charge on any atom is 0.255 e. The summed E-state index contributed by atoms with van der Waals surface area (Å²) in [6.07, 6.45) is 2.17.